The Kier molecular flexibility index (Phi) is 6.42. The van der Waals surface area contributed by atoms with Crippen molar-refractivity contribution < 1.29 is 14.3 Å². The van der Waals surface area contributed by atoms with E-state index in [-0.39, 0.29) is 17.8 Å². The number of hydrogen-bond acceptors (Lipinski definition) is 5. The Balaban J connectivity index is 3.20. The summed E-state index contributed by atoms with van der Waals surface area (Å²) in [6.45, 7) is 1.53. The smallest absolute Gasteiger partial charge is 0.328 e. The first-order valence-corrected chi connectivity index (χ1v) is 6.49. The van der Waals surface area contributed by atoms with Gasteiger partial charge in [0.25, 0.3) is 5.91 Å². The van der Waals surface area contributed by atoms with E-state index in [0.29, 0.717) is 5.56 Å². The summed E-state index contributed by atoms with van der Waals surface area (Å²) in [6, 6.07) is 3.63. The molecule has 0 saturated carbocycles. The molecule has 0 unspecified atom stereocenters. The molecular formula is C13H15N7O3. The van der Waals surface area contributed by atoms with Crippen molar-refractivity contribution >= 4 is 17.6 Å². The molecule has 120 valence electrons. The number of azide groups is 2. The van der Waals surface area contributed by atoms with Gasteiger partial charge in [-0.2, -0.15) is 0 Å². The third-order valence-corrected chi connectivity index (χ3v) is 3.14. The van der Waals surface area contributed by atoms with Crippen molar-refractivity contribution in [2.75, 3.05) is 14.2 Å². The van der Waals surface area contributed by atoms with Crippen LogP contribution in [0.2, 0.25) is 0 Å². The standard InChI is InChI=1S/C13H15N7O3/c1-8(13(22)23-3)20(2)12(21)10-4-9(7-16-18-14)5-11(6-10)17-19-15/h4-6,8H,7H2,1-3H3/t8-/m1/s1. The second kappa shape index (κ2) is 8.28. The summed E-state index contributed by atoms with van der Waals surface area (Å²) in [6.07, 6.45) is 0. The largest absolute Gasteiger partial charge is 0.467 e. The normalized spacial score (nSPS) is 10.7. The number of benzene rings is 1. The average Bonchev–Trinajstić information content (AvgIpc) is 2.57. The Morgan fingerprint density at radius 1 is 1.30 bits per heavy atom. The van der Waals surface area contributed by atoms with Crippen LogP contribution in [0.5, 0.6) is 0 Å². The van der Waals surface area contributed by atoms with E-state index in [4.69, 9.17) is 11.1 Å². The van der Waals surface area contributed by atoms with Crippen molar-refractivity contribution in [3.8, 4) is 0 Å². The van der Waals surface area contributed by atoms with E-state index in [1.54, 1.807) is 0 Å². The van der Waals surface area contributed by atoms with Gasteiger partial charge in [-0.1, -0.05) is 10.2 Å². The van der Waals surface area contributed by atoms with E-state index < -0.39 is 17.9 Å². The number of hydrogen-bond donors (Lipinski definition) is 0. The van der Waals surface area contributed by atoms with Gasteiger partial charge in [0.05, 0.1) is 13.7 Å². The molecule has 23 heavy (non-hydrogen) atoms. The minimum atomic E-state index is -0.781. The Bertz CT molecular complexity index is 706. The molecule has 0 spiro atoms. The molecular weight excluding hydrogens is 302 g/mol. The summed E-state index contributed by atoms with van der Waals surface area (Å²) >= 11 is 0. The predicted molar refractivity (Wildman–Crippen MR) is 81.7 cm³/mol. The molecule has 1 atom stereocenters. The summed E-state index contributed by atoms with van der Waals surface area (Å²) in [5.41, 5.74) is 17.8. The lowest BCUT2D eigenvalue weighted by atomic mass is 10.1. The first kappa shape index (κ1) is 17.8. The van der Waals surface area contributed by atoms with Crippen molar-refractivity contribution in [2.45, 2.75) is 19.5 Å². The first-order valence-electron chi connectivity index (χ1n) is 6.49. The molecule has 0 heterocycles. The van der Waals surface area contributed by atoms with Crippen LogP contribution in [0.15, 0.2) is 28.4 Å². The van der Waals surface area contributed by atoms with Gasteiger partial charge >= 0.3 is 5.97 Å². The maximum atomic E-state index is 12.5. The van der Waals surface area contributed by atoms with Crippen LogP contribution in [0.3, 0.4) is 0 Å². The molecule has 0 saturated heterocycles. The van der Waals surface area contributed by atoms with Gasteiger partial charge < -0.3 is 9.64 Å². The predicted octanol–water partition coefficient (Wildman–Crippen LogP) is 3.07. The number of likely N-dealkylation sites (N-methyl/N-ethyl adjacent to an activating group) is 1. The Labute approximate surface area is 131 Å². The lowest BCUT2D eigenvalue weighted by Gasteiger charge is -2.23. The van der Waals surface area contributed by atoms with Crippen LogP contribution < -0.4 is 0 Å². The van der Waals surface area contributed by atoms with Crippen LogP contribution >= 0.6 is 0 Å². The number of rotatable bonds is 6. The Morgan fingerprint density at radius 3 is 2.57 bits per heavy atom. The molecule has 1 aromatic rings. The van der Waals surface area contributed by atoms with Crippen LogP contribution in [-0.2, 0) is 16.1 Å². The second-order valence-electron chi connectivity index (χ2n) is 4.58. The van der Waals surface area contributed by atoms with Crippen molar-refractivity contribution in [1.29, 1.82) is 0 Å². The molecule has 0 fully saturated rings. The van der Waals surface area contributed by atoms with Crippen molar-refractivity contribution in [2.24, 2.45) is 10.2 Å². The van der Waals surface area contributed by atoms with Crippen molar-refractivity contribution in [3.63, 3.8) is 0 Å². The van der Waals surface area contributed by atoms with Gasteiger partial charge in [-0.05, 0) is 41.7 Å². The monoisotopic (exact) mass is 317 g/mol. The Hall–Kier alpha value is -3.22. The highest BCUT2D eigenvalue weighted by molar-refractivity contribution is 5.97. The minimum Gasteiger partial charge on any atom is -0.467 e. The van der Waals surface area contributed by atoms with Crippen molar-refractivity contribution in [1.82, 2.24) is 4.90 Å². The molecule has 0 bridgehead atoms. The van der Waals surface area contributed by atoms with E-state index >= 15 is 0 Å². The number of carbonyl (C=O) groups excluding carboxylic acids is 2. The number of ether oxygens (including phenoxy) is 1. The van der Waals surface area contributed by atoms with Gasteiger partial charge in [-0.25, -0.2) is 4.79 Å². The van der Waals surface area contributed by atoms with Gasteiger partial charge in [-0.15, -0.1) is 0 Å². The highest BCUT2D eigenvalue weighted by atomic mass is 16.5. The zero-order valence-electron chi connectivity index (χ0n) is 12.9. The van der Waals surface area contributed by atoms with Crippen LogP contribution in [0.4, 0.5) is 5.69 Å². The quantitative estimate of drug-likeness (QED) is 0.344. The highest BCUT2D eigenvalue weighted by Crippen LogP contribution is 2.21. The summed E-state index contributed by atoms with van der Waals surface area (Å²) in [4.78, 5) is 30.5. The molecule has 10 heteroatoms. The van der Waals surface area contributed by atoms with Gasteiger partial charge in [0.2, 0.25) is 0 Å². The first-order chi connectivity index (χ1) is 10.9. The van der Waals surface area contributed by atoms with Gasteiger partial charge in [-0.3, -0.25) is 4.79 Å². The molecule has 0 aliphatic carbocycles. The summed E-state index contributed by atoms with van der Waals surface area (Å²) in [5.74, 6) is -1.01. The number of esters is 1. The third-order valence-electron chi connectivity index (χ3n) is 3.14. The lowest BCUT2D eigenvalue weighted by Crippen LogP contribution is -2.40. The lowest BCUT2D eigenvalue weighted by molar-refractivity contribution is -0.144. The molecule has 0 N–H and O–H groups in total. The summed E-state index contributed by atoms with van der Waals surface area (Å²) in [5, 5.41) is 6.87. The summed E-state index contributed by atoms with van der Waals surface area (Å²) in [7, 11) is 2.69. The fourth-order valence-electron chi connectivity index (χ4n) is 1.82. The second-order valence-corrected chi connectivity index (χ2v) is 4.58. The zero-order valence-corrected chi connectivity index (χ0v) is 12.9. The van der Waals surface area contributed by atoms with Gasteiger partial charge in [0.15, 0.2) is 0 Å². The van der Waals surface area contributed by atoms with Crippen molar-refractivity contribution in [3.05, 3.63) is 50.2 Å². The highest BCUT2D eigenvalue weighted by Gasteiger charge is 2.24. The molecule has 0 aliphatic rings. The van der Waals surface area contributed by atoms with Crippen LogP contribution in [0.1, 0.15) is 22.8 Å². The van der Waals surface area contributed by atoms with Crippen LogP contribution in [0.25, 0.3) is 20.9 Å². The van der Waals surface area contributed by atoms with Crippen LogP contribution in [-0.4, -0.2) is 37.0 Å². The fourth-order valence-corrected chi connectivity index (χ4v) is 1.82. The molecule has 1 rings (SSSR count). The van der Waals surface area contributed by atoms with Gasteiger partial charge in [0.1, 0.15) is 6.04 Å². The van der Waals surface area contributed by atoms with Gasteiger partial charge in [0, 0.05) is 28.1 Å². The number of amides is 1. The fraction of sp³-hybridized carbons (Fsp3) is 0.385. The zero-order chi connectivity index (χ0) is 17.4. The Morgan fingerprint density at radius 2 is 2.00 bits per heavy atom. The van der Waals surface area contributed by atoms with E-state index in [9.17, 15) is 9.59 Å². The SMILES string of the molecule is COC(=O)[C@@H](C)N(C)C(=O)c1cc(CN=[N+]=[N-])cc(N=[N+]=[N-])c1. The van der Waals surface area contributed by atoms with E-state index in [1.165, 1.54) is 44.2 Å². The van der Waals surface area contributed by atoms with E-state index in [2.05, 4.69) is 24.8 Å². The molecule has 0 radical (unpaired) electrons. The number of carbonyl (C=O) groups is 2. The average molecular weight is 317 g/mol. The molecule has 1 amide bonds. The van der Waals surface area contributed by atoms with E-state index in [0.717, 1.165) is 0 Å². The third kappa shape index (κ3) is 4.63. The van der Waals surface area contributed by atoms with E-state index in [1.807, 2.05) is 0 Å². The molecule has 0 aliphatic heterocycles. The molecule has 0 aromatic heterocycles. The number of nitrogens with zero attached hydrogens (tertiary/aromatic N) is 7. The minimum absolute atomic E-state index is 0.00182. The summed E-state index contributed by atoms with van der Waals surface area (Å²) < 4.78 is 4.60. The number of methoxy groups -OCH3 is 1. The van der Waals surface area contributed by atoms with Crippen LogP contribution in [0, 0.1) is 0 Å². The molecule has 10 nitrogen and oxygen atoms in total. The maximum Gasteiger partial charge on any atom is 0.328 e. The topological polar surface area (TPSA) is 144 Å². The maximum absolute atomic E-state index is 12.5. The molecule has 1 aromatic carbocycles.